The number of hydrogen-bond donors (Lipinski definition) is 0. The van der Waals surface area contributed by atoms with Crippen LogP contribution in [0.25, 0.3) is 0 Å². The highest BCUT2D eigenvalue weighted by Crippen LogP contribution is 2.60. The maximum atomic E-state index is 12.3. The Labute approximate surface area is 191 Å². The van der Waals surface area contributed by atoms with E-state index in [0.29, 0.717) is 23.7 Å². The minimum Gasteiger partial charge on any atom is -0.374 e. The number of rotatable bonds is 11. The van der Waals surface area contributed by atoms with Crippen LogP contribution < -0.4 is 0 Å². The molecule has 7 unspecified atom stereocenters. The molecule has 0 bridgehead atoms. The topological polar surface area (TPSA) is 26.3 Å². The summed E-state index contributed by atoms with van der Waals surface area (Å²) in [4.78, 5) is 12.3. The number of Topliss-reactive ketones (excluding diaryl/α,β-unsaturated/α-hetero) is 1. The molecule has 0 aliphatic heterocycles. The average molecular weight is 427 g/mol. The van der Waals surface area contributed by atoms with Crippen LogP contribution in [0.15, 0.2) is 30.3 Å². The van der Waals surface area contributed by atoms with Crippen LogP contribution in [0.3, 0.4) is 0 Å². The molecule has 0 aromatic heterocycles. The van der Waals surface area contributed by atoms with Crippen molar-refractivity contribution in [2.75, 3.05) is 0 Å². The molecule has 2 saturated carbocycles. The van der Waals surface area contributed by atoms with Gasteiger partial charge in [-0.05, 0) is 86.5 Å². The number of fused-ring (bicyclic) bond motifs is 1. The van der Waals surface area contributed by atoms with E-state index in [0.717, 1.165) is 37.2 Å². The second-order valence-electron chi connectivity index (χ2n) is 11.2. The summed E-state index contributed by atoms with van der Waals surface area (Å²) in [5.74, 6) is 3.78. The number of ether oxygens (including phenoxy) is 1. The smallest absolute Gasteiger partial charge is 0.133 e. The Kier molecular flexibility index (Phi) is 8.79. The highest BCUT2D eigenvalue weighted by atomic mass is 16.5. The molecule has 2 fully saturated rings. The zero-order valence-corrected chi connectivity index (χ0v) is 20.7. The lowest BCUT2D eigenvalue weighted by molar-refractivity contribution is -0.126. The van der Waals surface area contributed by atoms with Gasteiger partial charge in [0.2, 0.25) is 0 Å². The molecule has 1 aromatic carbocycles. The first-order chi connectivity index (χ1) is 14.8. The van der Waals surface area contributed by atoms with Crippen molar-refractivity contribution in [1.82, 2.24) is 0 Å². The predicted octanol–water partition coefficient (Wildman–Crippen LogP) is 7.85. The van der Waals surface area contributed by atoms with Crippen molar-refractivity contribution in [3.8, 4) is 0 Å². The van der Waals surface area contributed by atoms with Gasteiger partial charge in [0, 0.05) is 5.92 Å². The second kappa shape index (κ2) is 11.1. The van der Waals surface area contributed by atoms with Crippen LogP contribution in [0.1, 0.15) is 98.0 Å². The molecule has 0 spiro atoms. The molecule has 0 N–H and O–H groups in total. The highest BCUT2D eigenvalue weighted by Gasteiger charge is 2.53. The van der Waals surface area contributed by atoms with E-state index in [9.17, 15) is 4.79 Å². The zero-order valence-electron chi connectivity index (χ0n) is 20.7. The summed E-state index contributed by atoms with van der Waals surface area (Å²) >= 11 is 0. The molecule has 2 nitrogen and oxygen atoms in total. The van der Waals surface area contributed by atoms with Gasteiger partial charge in [0.25, 0.3) is 0 Å². The maximum absolute atomic E-state index is 12.3. The van der Waals surface area contributed by atoms with E-state index in [-0.39, 0.29) is 5.41 Å². The van der Waals surface area contributed by atoms with E-state index in [4.69, 9.17) is 4.74 Å². The summed E-state index contributed by atoms with van der Waals surface area (Å²) in [6, 6.07) is 10.6. The van der Waals surface area contributed by atoms with E-state index in [2.05, 4.69) is 58.0 Å². The molecule has 2 heteroatoms. The Morgan fingerprint density at radius 2 is 1.90 bits per heavy atom. The third-order valence-corrected chi connectivity index (χ3v) is 8.88. The van der Waals surface area contributed by atoms with Crippen molar-refractivity contribution in [3.63, 3.8) is 0 Å². The number of carbonyl (C=O) groups excluding carboxylic acids is 1. The fraction of sp³-hybridized carbons (Fsp3) is 0.759. The largest absolute Gasteiger partial charge is 0.374 e. The molecular weight excluding hydrogens is 380 g/mol. The van der Waals surface area contributed by atoms with Gasteiger partial charge in [-0.15, -0.1) is 0 Å². The van der Waals surface area contributed by atoms with Crippen molar-refractivity contribution in [2.24, 2.45) is 35.0 Å². The summed E-state index contributed by atoms with van der Waals surface area (Å²) in [7, 11) is 0. The van der Waals surface area contributed by atoms with Crippen molar-refractivity contribution < 1.29 is 9.53 Å². The first kappa shape index (κ1) is 24.5. The quantitative estimate of drug-likeness (QED) is 0.360. The third kappa shape index (κ3) is 6.01. The minimum atomic E-state index is 0.260. The summed E-state index contributed by atoms with van der Waals surface area (Å²) in [6.07, 6.45) is 11.4. The molecule has 174 valence electrons. The lowest BCUT2D eigenvalue weighted by Gasteiger charge is -2.48. The molecule has 3 rings (SSSR count). The van der Waals surface area contributed by atoms with Crippen LogP contribution in [0, 0.1) is 35.0 Å². The van der Waals surface area contributed by atoms with Crippen LogP contribution >= 0.6 is 0 Å². The molecule has 0 heterocycles. The van der Waals surface area contributed by atoms with Gasteiger partial charge in [-0.25, -0.2) is 0 Å². The first-order valence-corrected chi connectivity index (χ1v) is 13.0. The molecule has 0 amide bonds. The number of hydrogen-bond acceptors (Lipinski definition) is 2. The van der Waals surface area contributed by atoms with Gasteiger partial charge >= 0.3 is 0 Å². The maximum Gasteiger partial charge on any atom is 0.133 e. The Bertz CT molecular complexity index is 683. The Hall–Kier alpha value is -1.15. The lowest BCUT2D eigenvalue weighted by atomic mass is 9.57. The van der Waals surface area contributed by atoms with E-state index < -0.39 is 0 Å². The number of benzene rings is 1. The minimum absolute atomic E-state index is 0.260. The Morgan fingerprint density at radius 1 is 1.16 bits per heavy atom. The van der Waals surface area contributed by atoms with Crippen molar-refractivity contribution in [3.05, 3.63) is 35.9 Å². The Balaban J connectivity index is 1.53. The summed E-state index contributed by atoms with van der Waals surface area (Å²) < 4.78 is 6.34. The van der Waals surface area contributed by atoms with Gasteiger partial charge in [-0.3, -0.25) is 4.79 Å². The summed E-state index contributed by atoms with van der Waals surface area (Å²) in [5, 5.41) is 0. The second-order valence-corrected chi connectivity index (χ2v) is 11.2. The molecular formula is C29H46O2. The monoisotopic (exact) mass is 426 g/mol. The van der Waals surface area contributed by atoms with E-state index in [1.165, 1.54) is 50.5 Å². The van der Waals surface area contributed by atoms with E-state index >= 15 is 0 Å². The third-order valence-electron chi connectivity index (χ3n) is 8.88. The Morgan fingerprint density at radius 3 is 2.58 bits per heavy atom. The lowest BCUT2D eigenvalue weighted by Crippen LogP contribution is -2.42. The fourth-order valence-corrected chi connectivity index (χ4v) is 7.05. The molecule has 31 heavy (non-hydrogen) atoms. The molecule has 1 aromatic rings. The van der Waals surface area contributed by atoms with Crippen molar-refractivity contribution in [1.29, 1.82) is 0 Å². The summed E-state index contributed by atoms with van der Waals surface area (Å²) in [5.41, 5.74) is 1.53. The SMILES string of the molecule is CCCC(CC(C)CCC1C(C)CCC2(C)C(C(C)=O)CCC12)OCc1ccccc1. The van der Waals surface area contributed by atoms with Gasteiger partial charge in [-0.1, -0.05) is 70.9 Å². The predicted molar refractivity (Wildman–Crippen MR) is 130 cm³/mol. The van der Waals surface area contributed by atoms with Gasteiger partial charge < -0.3 is 4.74 Å². The molecule has 2 aliphatic rings. The first-order valence-electron chi connectivity index (χ1n) is 13.0. The average Bonchev–Trinajstić information content (AvgIpc) is 3.10. The van der Waals surface area contributed by atoms with Gasteiger partial charge in [0.05, 0.1) is 12.7 Å². The molecule has 2 aliphatic carbocycles. The van der Waals surface area contributed by atoms with E-state index in [1.807, 2.05) is 6.92 Å². The van der Waals surface area contributed by atoms with Crippen LogP contribution in [-0.4, -0.2) is 11.9 Å². The molecule has 0 saturated heterocycles. The normalized spacial score (nSPS) is 32.4. The fourth-order valence-electron chi connectivity index (χ4n) is 7.05. The van der Waals surface area contributed by atoms with Crippen LogP contribution in [0.5, 0.6) is 0 Å². The summed E-state index contributed by atoms with van der Waals surface area (Å²) in [6.45, 7) is 12.2. The molecule has 0 radical (unpaired) electrons. The van der Waals surface area contributed by atoms with Gasteiger partial charge in [-0.2, -0.15) is 0 Å². The van der Waals surface area contributed by atoms with E-state index in [1.54, 1.807) is 0 Å². The van der Waals surface area contributed by atoms with Crippen molar-refractivity contribution in [2.45, 2.75) is 105 Å². The van der Waals surface area contributed by atoms with Crippen LogP contribution in [-0.2, 0) is 16.1 Å². The van der Waals surface area contributed by atoms with Crippen molar-refractivity contribution >= 4 is 5.78 Å². The van der Waals surface area contributed by atoms with Crippen LogP contribution in [0.4, 0.5) is 0 Å². The molecule has 7 atom stereocenters. The van der Waals surface area contributed by atoms with Gasteiger partial charge in [0.15, 0.2) is 0 Å². The number of carbonyl (C=O) groups is 1. The van der Waals surface area contributed by atoms with Gasteiger partial charge in [0.1, 0.15) is 5.78 Å². The number of ketones is 1. The highest BCUT2D eigenvalue weighted by molar-refractivity contribution is 5.79. The standard InChI is InChI=1S/C29H46O2/c1-6-10-25(31-20-24-11-8-7-9-12-24)19-21(2)13-14-26-22(3)17-18-29(5)27(23(4)30)15-16-28(26)29/h7-9,11-12,21-22,25-28H,6,10,13-20H2,1-5H3. The van der Waals surface area contributed by atoms with Crippen LogP contribution in [0.2, 0.25) is 0 Å². The zero-order chi connectivity index (χ0) is 22.4.